The van der Waals surface area contributed by atoms with Crippen molar-refractivity contribution < 1.29 is 0 Å². The molecule has 1 unspecified atom stereocenters. The number of aromatic nitrogens is 1. The first kappa shape index (κ1) is 12.1. The summed E-state index contributed by atoms with van der Waals surface area (Å²) in [6.45, 7) is 2.07. The highest BCUT2D eigenvalue weighted by molar-refractivity contribution is 7.11. The van der Waals surface area contributed by atoms with Crippen LogP contribution in [0.1, 0.15) is 21.5 Å². The first-order chi connectivity index (χ1) is 8.20. The number of nitrogens with two attached hydrogens (primary N) is 1. The Balaban J connectivity index is 2.18. The molecule has 0 radical (unpaired) electrons. The minimum Gasteiger partial charge on any atom is -0.399 e. The number of nitrogen functional groups attached to an aromatic ring is 1. The minimum absolute atomic E-state index is 0.235. The molecule has 0 spiro atoms. The van der Waals surface area contributed by atoms with Crippen molar-refractivity contribution in [2.45, 2.75) is 19.4 Å². The third-order valence-corrected chi connectivity index (χ3v) is 3.79. The van der Waals surface area contributed by atoms with Gasteiger partial charge in [0.25, 0.3) is 0 Å². The third kappa shape index (κ3) is 2.84. The molecule has 0 saturated heterocycles. The van der Waals surface area contributed by atoms with E-state index in [0.717, 1.165) is 17.1 Å². The van der Waals surface area contributed by atoms with Crippen molar-refractivity contribution >= 4 is 17.0 Å². The van der Waals surface area contributed by atoms with Crippen LogP contribution in [0.5, 0.6) is 0 Å². The summed E-state index contributed by atoms with van der Waals surface area (Å²) >= 11 is 1.73. The van der Waals surface area contributed by atoms with Crippen molar-refractivity contribution in [1.29, 1.82) is 0 Å². The molecule has 0 aliphatic heterocycles. The second-order valence-corrected chi connectivity index (χ2v) is 5.32. The lowest BCUT2D eigenvalue weighted by molar-refractivity contribution is 0.589. The fourth-order valence-electron chi connectivity index (χ4n) is 1.79. The van der Waals surface area contributed by atoms with Gasteiger partial charge >= 0.3 is 0 Å². The van der Waals surface area contributed by atoms with Crippen molar-refractivity contribution in [3.8, 4) is 0 Å². The molecule has 0 aliphatic carbocycles. The molecule has 0 amide bonds. The molecule has 1 aromatic carbocycles. The van der Waals surface area contributed by atoms with Gasteiger partial charge in [0.2, 0.25) is 0 Å². The van der Waals surface area contributed by atoms with Crippen LogP contribution >= 0.6 is 11.3 Å². The summed E-state index contributed by atoms with van der Waals surface area (Å²) in [6.07, 6.45) is 2.79. The van der Waals surface area contributed by atoms with Gasteiger partial charge in [0.05, 0.1) is 6.04 Å². The average molecular weight is 247 g/mol. The second-order valence-electron chi connectivity index (χ2n) is 4.05. The summed E-state index contributed by atoms with van der Waals surface area (Å²) in [5.74, 6) is 0. The lowest BCUT2D eigenvalue weighted by atomic mass is 10.0. The van der Waals surface area contributed by atoms with Gasteiger partial charge in [-0.3, -0.25) is 0 Å². The van der Waals surface area contributed by atoms with Crippen molar-refractivity contribution in [1.82, 2.24) is 10.3 Å². The van der Waals surface area contributed by atoms with Gasteiger partial charge in [-0.15, -0.1) is 11.3 Å². The van der Waals surface area contributed by atoms with Crippen LogP contribution in [0.4, 0.5) is 5.69 Å². The van der Waals surface area contributed by atoms with Crippen LogP contribution in [0.3, 0.4) is 0 Å². The molecule has 0 aliphatic rings. The van der Waals surface area contributed by atoms with E-state index in [-0.39, 0.29) is 6.04 Å². The Bertz CT molecular complexity index is 493. The molecule has 0 bridgehead atoms. The number of nitrogens with one attached hydrogen (secondary N) is 1. The molecule has 0 fully saturated rings. The zero-order valence-electron chi connectivity index (χ0n) is 10.1. The number of hydrogen-bond donors (Lipinski definition) is 2. The zero-order chi connectivity index (χ0) is 12.3. The largest absolute Gasteiger partial charge is 0.399 e. The van der Waals surface area contributed by atoms with Crippen molar-refractivity contribution in [2.75, 3.05) is 12.8 Å². The monoisotopic (exact) mass is 247 g/mol. The Kier molecular flexibility index (Phi) is 3.76. The molecule has 4 heteroatoms. The van der Waals surface area contributed by atoms with Gasteiger partial charge in [-0.25, -0.2) is 4.98 Å². The number of benzene rings is 1. The number of aryl methyl sites for hydroxylation is 1. The Labute approximate surface area is 106 Å². The maximum absolute atomic E-state index is 5.96. The summed E-state index contributed by atoms with van der Waals surface area (Å²) in [6, 6.07) is 8.22. The van der Waals surface area contributed by atoms with Gasteiger partial charge in [-0.05, 0) is 32.0 Å². The fourth-order valence-corrected chi connectivity index (χ4v) is 2.67. The smallest absolute Gasteiger partial charge is 0.110 e. The Morgan fingerprint density at radius 1 is 1.41 bits per heavy atom. The maximum atomic E-state index is 5.96. The molecule has 1 aromatic heterocycles. The number of para-hydroxylation sites is 1. The third-order valence-electron chi connectivity index (χ3n) is 2.76. The quantitative estimate of drug-likeness (QED) is 0.816. The van der Waals surface area contributed by atoms with E-state index in [0.29, 0.717) is 0 Å². The topological polar surface area (TPSA) is 50.9 Å². The summed E-state index contributed by atoms with van der Waals surface area (Å²) in [5.41, 5.74) is 7.98. The number of hydrogen-bond acceptors (Lipinski definition) is 4. The van der Waals surface area contributed by atoms with Crippen LogP contribution in [0.25, 0.3) is 0 Å². The number of nitrogens with zero attached hydrogens (tertiary/aromatic N) is 1. The van der Waals surface area contributed by atoms with E-state index in [1.54, 1.807) is 11.3 Å². The SMILES string of the molecule is CNC(Cc1ccccc1N)c1ncc(C)s1. The van der Waals surface area contributed by atoms with Gasteiger partial charge in [-0.1, -0.05) is 18.2 Å². The van der Waals surface area contributed by atoms with E-state index in [1.165, 1.54) is 10.4 Å². The van der Waals surface area contributed by atoms with Gasteiger partial charge in [-0.2, -0.15) is 0 Å². The lowest BCUT2D eigenvalue weighted by Gasteiger charge is -2.14. The van der Waals surface area contributed by atoms with Crippen molar-refractivity contribution in [3.63, 3.8) is 0 Å². The molecule has 2 rings (SSSR count). The molecule has 2 aromatic rings. The molecule has 1 atom stereocenters. The predicted molar refractivity (Wildman–Crippen MR) is 73.2 cm³/mol. The Hall–Kier alpha value is -1.39. The highest BCUT2D eigenvalue weighted by atomic mass is 32.1. The minimum atomic E-state index is 0.235. The zero-order valence-corrected chi connectivity index (χ0v) is 10.9. The van der Waals surface area contributed by atoms with Crippen LogP contribution < -0.4 is 11.1 Å². The molecule has 17 heavy (non-hydrogen) atoms. The van der Waals surface area contributed by atoms with E-state index in [9.17, 15) is 0 Å². The van der Waals surface area contributed by atoms with Crippen LogP contribution in [0, 0.1) is 6.92 Å². The fraction of sp³-hybridized carbons (Fsp3) is 0.308. The summed E-state index contributed by atoms with van der Waals surface area (Å²) in [7, 11) is 1.96. The van der Waals surface area contributed by atoms with Gasteiger partial charge in [0, 0.05) is 16.8 Å². The van der Waals surface area contributed by atoms with E-state index in [1.807, 2.05) is 31.4 Å². The molecule has 90 valence electrons. The number of likely N-dealkylation sites (N-methyl/N-ethyl adjacent to an activating group) is 1. The first-order valence-corrected chi connectivity index (χ1v) is 6.45. The molecular weight excluding hydrogens is 230 g/mol. The highest BCUT2D eigenvalue weighted by Crippen LogP contribution is 2.24. The van der Waals surface area contributed by atoms with Crippen LogP contribution in [-0.4, -0.2) is 12.0 Å². The molecule has 0 saturated carbocycles. The molecule has 1 heterocycles. The summed E-state index contributed by atoms with van der Waals surface area (Å²) in [4.78, 5) is 5.67. The predicted octanol–water partition coefficient (Wildman–Crippen LogP) is 2.54. The van der Waals surface area contributed by atoms with E-state index >= 15 is 0 Å². The molecule has 3 N–H and O–H groups in total. The van der Waals surface area contributed by atoms with E-state index in [4.69, 9.17) is 5.73 Å². The normalized spacial score (nSPS) is 12.6. The van der Waals surface area contributed by atoms with Gasteiger partial charge in [0.1, 0.15) is 5.01 Å². The Morgan fingerprint density at radius 2 is 2.18 bits per heavy atom. The average Bonchev–Trinajstić information content (AvgIpc) is 2.75. The van der Waals surface area contributed by atoms with Gasteiger partial charge < -0.3 is 11.1 Å². The van der Waals surface area contributed by atoms with E-state index < -0.39 is 0 Å². The molecular formula is C13H17N3S. The van der Waals surface area contributed by atoms with Crippen LogP contribution in [0.2, 0.25) is 0 Å². The second kappa shape index (κ2) is 5.29. The maximum Gasteiger partial charge on any atom is 0.110 e. The molecule has 3 nitrogen and oxygen atoms in total. The van der Waals surface area contributed by atoms with Crippen LogP contribution in [0.15, 0.2) is 30.5 Å². The number of rotatable bonds is 4. The number of anilines is 1. The van der Waals surface area contributed by atoms with Crippen LogP contribution in [-0.2, 0) is 6.42 Å². The first-order valence-electron chi connectivity index (χ1n) is 5.63. The number of thiazole rings is 1. The highest BCUT2D eigenvalue weighted by Gasteiger charge is 2.14. The Morgan fingerprint density at radius 3 is 2.76 bits per heavy atom. The standard InChI is InChI=1S/C13H17N3S/c1-9-8-16-13(17-9)12(15-2)7-10-5-3-4-6-11(10)14/h3-6,8,12,15H,7,14H2,1-2H3. The summed E-state index contributed by atoms with van der Waals surface area (Å²) < 4.78 is 0. The van der Waals surface area contributed by atoms with Crippen molar-refractivity contribution in [2.24, 2.45) is 0 Å². The lowest BCUT2D eigenvalue weighted by Crippen LogP contribution is -2.19. The van der Waals surface area contributed by atoms with E-state index in [2.05, 4.69) is 23.3 Å². The summed E-state index contributed by atoms with van der Waals surface area (Å²) in [5, 5.41) is 4.42. The van der Waals surface area contributed by atoms with Gasteiger partial charge in [0.15, 0.2) is 0 Å². The van der Waals surface area contributed by atoms with Crippen molar-refractivity contribution in [3.05, 3.63) is 45.9 Å².